The molecule has 1 atom stereocenters. The van der Waals surface area contributed by atoms with Gasteiger partial charge < -0.3 is 21.1 Å². The van der Waals surface area contributed by atoms with Crippen molar-refractivity contribution in [2.45, 2.75) is 58.5 Å². The second-order valence-electron chi connectivity index (χ2n) is 7.08. The van der Waals surface area contributed by atoms with Gasteiger partial charge >= 0.3 is 0 Å². The molecule has 0 aliphatic carbocycles. The lowest BCUT2D eigenvalue weighted by atomic mass is 10.0. The first-order valence-corrected chi connectivity index (χ1v) is 10.6. The van der Waals surface area contributed by atoms with E-state index in [-0.39, 0.29) is 24.5 Å². The molecule has 0 fully saturated rings. The summed E-state index contributed by atoms with van der Waals surface area (Å²) in [7, 11) is 0. The number of carbonyl (C=O) groups excluding carboxylic acids is 1. The molecule has 0 saturated heterocycles. The molecule has 3 heterocycles. The quantitative estimate of drug-likeness (QED) is 0.618. The maximum atomic E-state index is 12.8. The van der Waals surface area contributed by atoms with Gasteiger partial charge in [0.15, 0.2) is 0 Å². The number of aromatic nitrogens is 3. The van der Waals surface area contributed by atoms with E-state index in [1.54, 1.807) is 10.3 Å². The molecule has 4 N–H and O–H groups in total. The lowest BCUT2D eigenvalue weighted by Crippen LogP contribution is -2.37. The van der Waals surface area contributed by atoms with Crippen molar-refractivity contribution >= 4 is 29.0 Å². The van der Waals surface area contributed by atoms with Gasteiger partial charge in [-0.05, 0) is 19.8 Å². The Morgan fingerprint density at radius 2 is 2.21 bits per heavy atom. The number of rotatable bonds is 8. The largest absolute Gasteiger partial charge is 0.396 e. The SMILES string of the molecule is CCCC[C@@H](CCO)Nc1nc(N)nc2c1CN(C(=O)c1csc(C)n1)CC2. The number of nitrogens with one attached hydrogen (secondary N) is 1. The number of aliphatic hydroxyl groups excluding tert-OH is 1. The van der Waals surface area contributed by atoms with Gasteiger partial charge in [-0.15, -0.1) is 11.3 Å². The fourth-order valence-corrected chi connectivity index (χ4v) is 4.02. The molecule has 0 aromatic carbocycles. The molecule has 1 aliphatic heterocycles. The molecule has 28 heavy (non-hydrogen) atoms. The molecule has 1 aliphatic rings. The van der Waals surface area contributed by atoms with E-state index in [1.165, 1.54) is 11.3 Å². The normalized spacial score (nSPS) is 14.6. The fourth-order valence-electron chi connectivity index (χ4n) is 3.44. The number of nitrogens with two attached hydrogens (primary N) is 1. The number of nitrogens with zero attached hydrogens (tertiary/aromatic N) is 4. The number of aryl methyl sites for hydroxylation is 1. The van der Waals surface area contributed by atoms with E-state index in [1.807, 2.05) is 6.92 Å². The van der Waals surface area contributed by atoms with Crippen LogP contribution in [0.5, 0.6) is 0 Å². The Morgan fingerprint density at radius 1 is 1.39 bits per heavy atom. The minimum absolute atomic E-state index is 0.0735. The van der Waals surface area contributed by atoms with Crippen molar-refractivity contribution in [3.63, 3.8) is 0 Å². The average Bonchev–Trinajstić information content (AvgIpc) is 3.11. The molecular formula is C19H28N6O2S. The van der Waals surface area contributed by atoms with Gasteiger partial charge in [0.25, 0.3) is 5.91 Å². The zero-order chi connectivity index (χ0) is 20.1. The van der Waals surface area contributed by atoms with Gasteiger partial charge in [-0.1, -0.05) is 19.8 Å². The lowest BCUT2D eigenvalue weighted by molar-refractivity contribution is 0.0728. The Balaban J connectivity index is 1.82. The average molecular weight is 405 g/mol. The van der Waals surface area contributed by atoms with Crippen LogP contribution >= 0.6 is 11.3 Å². The molecule has 0 bridgehead atoms. The van der Waals surface area contributed by atoms with E-state index >= 15 is 0 Å². The Morgan fingerprint density at radius 3 is 2.89 bits per heavy atom. The standard InChI is InChI=1S/C19H28N6O2S/c1-3-4-5-13(7-9-26)22-17-14-10-25(8-6-15(14)23-19(20)24-17)18(27)16-11-28-12(2)21-16/h11,13,26H,3-10H2,1-2H3,(H3,20,22,23,24)/t13-/m0/s1. The molecule has 0 unspecified atom stereocenters. The van der Waals surface area contributed by atoms with Crippen LogP contribution in [0.1, 0.15) is 59.4 Å². The summed E-state index contributed by atoms with van der Waals surface area (Å²) in [5.74, 6) is 0.828. The third-order valence-corrected chi connectivity index (χ3v) is 5.70. The summed E-state index contributed by atoms with van der Waals surface area (Å²) in [6.07, 6.45) is 4.36. The fraction of sp³-hybridized carbons (Fsp3) is 0.579. The molecule has 9 heteroatoms. The van der Waals surface area contributed by atoms with Gasteiger partial charge in [-0.25, -0.2) is 9.97 Å². The Hall–Kier alpha value is -2.26. The summed E-state index contributed by atoms with van der Waals surface area (Å²) >= 11 is 1.47. The van der Waals surface area contributed by atoms with Gasteiger partial charge in [0.05, 0.1) is 17.2 Å². The zero-order valence-electron chi connectivity index (χ0n) is 16.4. The Bertz CT molecular complexity index is 825. The van der Waals surface area contributed by atoms with E-state index in [9.17, 15) is 9.90 Å². The topological polar surface area (TPSA) is 117 Å². The highest BCUT2D eigenvalue weighted by atomic mass is 32.1. The second kappa shape index (κ2) is 9.29. The summed E-state index contributed by atoms with van der Waals surface area (Å²) in [6.45, 7) is 5.15. The van der Waals surface area contributed by atoms with E-state index < -0.39 is 0 Å². The summed E-state index contributed by atoms with van der Waals surface area (Å²) < 4.78 is 0. The highest BCUT2D eigenvalue weighted by molar-refractivity contribution is 7.09. The van der Waals surface area contributed by atoms with Crippen LogP contribution < -0.4 is 11.1 Å². The van der Waals surface area contributed by atoms with Crippen LogP contribution in [0.15, 0.2) is 5.38 Å². The Kier molecular flexibility index (Phi) is 6.79. The molecule has 152 valence electrons. The molecule has 3 rings (SSSR count). The van der Waals surface area contributed by atoms with Crippen LogP contribution in [0, 0.1) is 6.92 Å². The van der Waals surface area contributed by atoms with Crippen molar-refractivity contribution in [1.82, 2.24) is 19.9 Å². The number of nitrogen functional groups attached to an aromatic ring is 1. The third-order valence-electron chi connectivity index (χ3n) is 4.93. The van der Waals surface area contributed by atoms with Crippen molar-refractivity contribution in [3.8, 4) is 0 Å². The van der Waals surface area contributed by atoms with Gasteiger partial charge in [0.1, 0.15) is 11.5 Å². The van der Waals surface area contributed by atoms with Gasteiger partial charge in [0.2, 0.25) is 5.95 Å². The molecule has 8 nitrogen and oxygen atoms in total. The van der Waals surface area contributed by atoms with Gasteiger partial charge in [0, 0.05) is 36.6 Å². The van der Waals surface area contributed by atoms with E-state index in [4.69, 9.17) is 5.73 Å². The number of unbranched alkanes of at least 4 members (excludes halogenated alkanes) is 1. The predicted octanol–water partition coefficient (Wildman–Crippen LogP) is 2.38. The summed E-state index contributed by atoms with van der Waals surface area (Å²) in [5.41, 5.74) is 8.19. The summed E-state index contributed by atoms with van der Waals surface area (Å²) in [4.78, 5) is 27.7. The van der Waals surface area contributed by atoms with Crippen molar-refractivity contribution in [2.24, 2.45) is 0 Å². The monoisotopic (exact) mass is 404 g/mol. The van der Waals surface area contributed by atoms with Gasteiger partial charge in [-0.3, -0.25) is 4.79 Å². The van der Waals surface area contributed by atoms with Crippen LogP contribution in [-0.2, 0) is 13.0 Å². The second-order valence-corrected chi connectivity index (χ2v) is 8.14. The molecule has 0 saturated carbocycles. The van der Waals surface area contributed by atoms with Crippen molar-refractivity contribution < 1.29 is 9.90 Å². The number of hydrogen-bond acceptors (Lipinski definition) is 8. The van der Waals surface area contributed by atoms with Gasteiger partial charge in [-0.2, -0.15) is 4.98 Å². The molecule has 2 aromatic heterocycles. The first-order chi connectivity index (χ1) is 13.5. The smallest absolute Gasteiger partial charge is 0.273 e. The number of hydrogen-bond donors (Lipinski definition) is 3. The summed E-state index contributed by atoms with van der Waals surface area (Å²) in [5, 5.41) is 15.5. The van der Waals surface area contributed by atoms with Crippen LogP contribution in [0.2, 0.25) is 0 Å². The lowest BCUT2D eigenvalue weighted by Gasteiger charge is -2.30. The molecular weight excluding hydrogens is 376 g/mol. The van der Waals surface area contributed by atoms with Crippen molar-refractivity contribution in [3.05, 3.63) is 27.3 Å². The number of carbonyl (C=O) groups is 1. The van der Waals surface area contributed by atoms with E-state index in [0.29, 0.717) is 37.4 Å². The minimum atomic E-state index is -0.0735. The summed E-state index contributed by atoms with van der Waals surface area (Å²) in [6, 6.07) is 0.107. The van der Waals surface area contributed by atoms with Crippen molar-refractivity contribution in [1.29, 1.82) is 0 Å². The number of anilines is 2. The zero-order valence-corrected chi connectivity index (χ0v) is 17.3. The van der Waals surface area contributed by atoms with E-state index in [0.717, 1.165) is 35.5 Å². The predicted molar refractivity (Wildman–Crippen MR) is 110 cm³/mol. The third kappa shape index (κ3) is 4.77. The van der Waals surface area contributed by atoms with Crippen LogP contribution in [0.3, 0.4) is 0 Å². The van der Waals surface area contributed by atoms with E-state index in [2.05, 4.69) is 27.2 Å². The Labute approximate surface area is 169 Å². The molecule has 0 spiro atoms. The number of thiazole rings is 1. The van der Waals surface area contributed by atoms with Crippen LogP contribution in [0.4, 0.5) is 11.8 Å². The first kappa shape index (κ1) is 20.5. The first-order valence-electron chi connectivity index (χ1n) is 9.75. The number of fused-ring (bicyclic) bond motifs is 1. The number of amides is 1. The minimum Gasteiger partial charge on any atom is -0.396 e. The maximum absolute atomic E-state index is 12.8. The van der Waals surface area contributed by atoms with Crippen LogP contribution in [0.25, 0.3) is 0 Å². The highest BCUT2D eigenvalue weighted by Crippen LogP contribution is 2.27. The van der Waals surface area contributed by atoms with Crippen LogP contribution in [-0.4, -0.2) is 50.1 Å². The molecule has 1 amide bonds. The highest BCUT2D eigenvalue weighted by Gasteiger charge is 2.27. The number of aliphatic hydroxyl groups is 1. The maximum Gasteiger partial charge on any atom is 0.273 e. The molecule has 0 radical (unpaired) electrons. The van der Waals surface area contributed by atoms with Crippen molar-refractivity contribution in [2.75, 3.05) is 24.2 Å². The molecule has 2 aromatic rings.